The van der Waals surface area contributed by atoms with E-state index >= 15 is 0 Å². The zero-order chi connectivity index (χ0) is 24.7. The molecule has 1 amide bonds. The van der Waals surface area contributed by atoms with Crippen molar-refractivity contribution in [3.8, 4) is 0 Å². The number of nitrogens with zero attached hydrogens (tertiary/aromatic N) is 4. The van der Waals surface area contributed by atoms with Crippen LogP contribution < -0.4 is 5.32 Å². The van der Waals surface area contributed by atoms with Gasteiger partial charge in [0.25, 0.3) is 5.91 Å². The number of hydrogen-bond acceptors (Lipinski definition) is 9. The van der Waals surface area contributed by atoms with Gasteiger partial charge >= 0.3 is 0 Å². The van der Waals surface area contributed by atoms with E-state index in [1.165, 1.54) is 12.7 Å². The van der Waals surface area contributed by atoms with Crippen LogP contribution in [-0.2, 0) is 9.47 Å². The second kappa shape index (κ2) is 9.10. The maximum atomic E-state index is 12.6. The first-order valence-corrected chi connectivity index (χ1v) is 12.3. The lowest BCUT2D eigenvalue weighted by molar-refractivity contribution is -0.162. The molecule has 6 rings (SSSR count). The van der Waals surface area contributed by atoms with E-state index in [1.54, 1.807) is 53.1 Å². The molecule has 2 N–H and O–H groups in total. The highest BCUT2D eigenvalue weighted by Gasteiger charge is 2.62. The molecule has 0 radical (unpaired) electrons. The molecular formula is C25H21N5O5S. The van der Waals surface area contributed by atoms with E-state index in [2.05, 4.69) is 20.3 Å². The van der Waals surface area contributed by atoms with Crippen LogP contribution in [-0.4, -0.2) is 65.8 Å². The Morgan fingerprint density at radius 1 is 1.06 bits per heavy atom. The number of aliphatic hydroxyl groups excluding tert-OH is 1. The molecule has 2 aliphatic rings. The number of carbonyl (C=O) groups excluding carboxylic acids is 2. The number of imidazole rings is 1. The molecule has 4 atom stereocenters. The van der Waals surface area contributed by atoms with Crippen LogP contribution in [0.3, 0.4) is 0 Å². The first kappa shape index (κ1) is 22.8. The summed E-state index contributed by atoms with van der Waals surface area (Å²) in [5.74, 6) is 0.171. The van der Waals surface area contributed by atoms with E-state index in [4.69, 9.17) is 9.47 Å². The van der Waals surface area contributed by atoms with Gasteiger partial charge in [-0.3, -0.25) is 14.2 Å². The number of aliphatic hydroxyl groups is 1. The zero-order valence-corrected chi connectivity index (χ0v) is 19.7. The third-order valence-electron chi connectivity index (χ3n) is 6.36. The lowest BCUT2D eigenvalue weighted by Gasteiger charge is -2.30. The molecule has 2 bridgehead atoms. The molecule has 4 aromatic rings. The number of ether oxygens (including phenoxy) is 2. The summed E-state index contributed by atoms with van der Waals surface area (Å²) in [6.07, 6.45) is 0.547. The standard InChI is InChI=1S/C25H21N5O5S/c31-19-18-23(35-25(19,11-34-18)12-36-24(33)16-9-5-2-6-10-16)30-14-28-17-20(26-13-27-21(17)30)29-22(32)15-7-3-1-4-8-15/h1-10,13-14,18-19,23,31H,11-12H2,(H,26,27,29,32). The summed E-state index contributed by atoms with van der Waals surface area (Å²) in [4.78, 5) is 38.2. The third kappa shape index (κ3) is 3.86. The molecule has 2 aromatic carbocycles. The third-order valence-corrected chi connectivity index (χ3v) is 7.50. The molecule has 0 saturated carbocycles. The van der Waals surface area contributed by atoms with Gasteiger partial charge in [0.15, 0.2) is 23.2 Å². The van der Waals surface area contributed by atoms with Gasteiger partial charge in [0.2, 0.25) is 5.12 Å². The smallest absolute Gasteiger partial charge is 0.256 e. The molecule has 2 fully saturated rings. The largest absolute Gasteiger partial charge is 0.387 e. The van der Waals surface area contributed by atoms with Crippen LogP contribution in [0.1, 0.15) is 26.9 Å². The Morgan fingerprint density at radius 3 is 2.53 bits per heavy atom. The Labute approximate surface area is 209 Å². The van der Waals surface area contributed by atoms with Gasteiger partial charge in [0, 0.05) is 16.9 Å². The van der Waals surface area contributed by atoms with Crippen molar-refractivity contribution in [3.63, 3.8) is 0 Å². The van der Waals surface area contributed by atoms with E-state index in [0.717, 1.165) is 11.8 Å². The van der Waals surface area contributed by atoms with E-state index in [9.17, 15) is 14.7 Å². The van der Waals surface area contributed by atoms with Crippen molar-refractivity contribution in [2.45, 2.75) is 24.0 Å². The Kier molecular flexibility index (Phi) is 5.76. The monoisotopic (exact) mass is 503 g/mol. The molecule has 2 aromatic heterocycles. The predicted molar refractivity (Wildman–Crippen MR) is 132 cm³/mol. The van der Waals surface area contributed by atoms with Gasteiger partial charge in [-0.15, -0.1) is 0 Å². The number of aromatic nitrogens is 4. The zero-order valence-electron chi connectivity index (χ0n) is 18.9. The Morgan fingerprint density at radius 2 is 1.78 bits per heavy atom. The lowest BCUT2D eigenvalue weighted by atomic mass is 10.0. The molecule has 0 aliphatic carbocycles. The first-order valence-electron chi connectivity index (χ1n) is 11.3. The fourth-order valence-electron chi connectivity index (χ4n) is 4.48. The van der Waals surface area contributed by atoms with Crippen LogP contribution in [0.15, 0.2) is 73.3 Å². The number of rotatable bonds is 6. The molecule has 36 heavy (non-hydrogen) atoms. The van der Waals surface area contributed by atoms with Gasteiger partial charge in [-0.2, -0.15) is 0 Å². The van der Waals surface area contributed by atoms with Crippen LogP contribution in [0.2, 0.25) is 0 Å². The first-order chi connectivity index (χ1) is 17.6. The molecule has 2 saturated heterocycles. The topological polar surface area (TPSA) is 128 Å². The highest BCUT2D eigenvalue weighted by molar-refractivity contribution is 8.14. The predicted octanol–water partition coefficient (Wildman–Crippen LogP) is 2.68. The number of benzene rings is 2. The van der Waals surface area contributed by atoms with Gasteiger partial charge in [-0.1, -0.05) is 60.3 Å². The molecule has 182 valence electrons. The molecular weight excluding hydrogens is 482 g/mol. The SMILES string of the molecule is O=C(Nc1ncnc2c1ncn2C1OC2(CSC(=O)c3ccccc3)COC1C2O)c1ccccc1. The molecule has 4 heterocycles. The quantitative estimate of drug-likeness (QED) is 0.408. The number of nitrogens with one attached hydrogen (secondary N) is 1. The molecule has 10 nitrogen and oxygen atoms in total. The maximum absolute atomic E-state index is 12.6. The van der Waals surface area contributed by atoms with Crippen molar-refractivity contribution in [1.82, 2.24) is 19.5 Å². The van der Waals surface area contributed by atoms with Gasteiger partial charge in [-0.05, 0) is 12.1 Å². The normalized spacial score (nSPS) is 24.8. The number of anilines is 1. The number of carbonyl (C=O) groups is 2. The van der Waals surface area contributed by atoms with Crippen molar-refractivity contribution >= 4 is 39.8 Å². The molecule has 2 aliphatic heterocycles. The van der Waals surface area contributed by atoms with E-state index < -0.39 is 24.0 Å². The van der Waals surface area contributed by atoms with E-state index in [0.29, 0.717) is 22.3 Å². The van der Waals surface area contributed by atoms with Crippen molar-refractivity contribution in [3.05, 3.63) is 84.4 Å². The van der Waals surface area contributed by atoms with Crippen molar-refractivity contribution < 1.29 is 24.2 Å². The fourth-order valence-corrected chi connectivity index (χ4v) is 5.48. The summed E-state index contributed by atoms with van der Waals surface area (Å²) in [5, 5.41) is 13.7. The van der Waals surface area contributed by atoms with Gasteiger partial charge < -0.3 is 19.9 Å². The van der Waals surface area contributed by atoms with E-state index in [1.807, 2.05) is 12.1 Å². The van der Waals surface area contributed by atoms with Crippen molar-refractivity contribution in [2.24, 2.45) is 0 Å². The second-order valence-corrected chi connectivity index (χ2v) is 9.55. The van der Waals surface area contributed by atoms with Crippen molar-refractivity contribution in [1.29, 1.82) is 0 Å². The molecule has 0 spiro atoms. The van der Waals surface area contributed by atoms with Crippen LogP contribution >= 0.6 is 11.8 Å². The fraction of sp³-hybridized carbons (Fsp3) is 0.240. The minimum Gasteiger partial charge on any atom is -0.387 e. The number of hydrogen-bond donors (Lipinski definition) is 2. The number of fused-ring (bicyclic) bond motifs is 3. The van der Waals surface area contributed by atoms with Crippen molar-refractivity contribution in [2.75, 3.05) is 17.7 Å². The summed E-state index contributed by atoms with van der Waals surface area (Å²) in [5.41, 5.74) is 0.829. The average molecular weight is 504 g/mol. The minimum absolute atomic E-state index is 0.104. The highest BCUT2D eigenvalue weighted by Crippen LogP contribution is 2.47. The van der Waals surface area contributed by atoms with Crippen LogP contribution in [0, 0.1) is 0 Å². The molecule has 11 heteroatoms. The lowest BCUT2D eigenvalue weighted by Crippen LogP contribution is -2.43. The Bertz CT molecular complexity index is 1430. The van der Waals surface area contributed by atoms with Crippen LogP contribution in [0.25, 0.3) is 11.2 Å². The maximum Gasteiger partial charge on any atom is 0.256 e. The summed E-state index contributed by atoms with van der Waals surface area (Å²) < 4.78 is 13.9. The summed E-state index contributed by atoms with van der Waals surface area (Å²) in [7, 11) is 0. The van der Waals surface area contributed by atoms with Gasteiger partial charge in [0.05, 0.1) is 12.9 Å². The number of thioether (sulfide) groups is 1. The molecule has 4 unspecified atom stereocenters. The van der Waals surface area contributed by atoms with Gasteiger partial charge in [-0.25, -0.2) is 15.0 Å². The Hall–Kier alpha value is -3.64. The second-order valence-electron chi connectivity index (χ2n) is 8.60. The summed E-state index contributed by atoms with van der Waals surface area (Å²) in [6, 6.07) is 17.7. The summed E-state index contributed by atoms with van der Waals surface area (Å²) in [6.45, 7) is 0.171. The van der Waals surface area contributed by atoms with E-state index in [-0.39, 0.29) is 29.2 Å². The number of amides is 1. The van der Waals surface area contributed by atoms with Crippen LogP contribution in [0.4, 0.5) is 5.82 Å². The van der Waals surface area contributed by atoms with Crippen LogP contribution in [0.5, 0.6) is 0 Å². The average Bonchev–Trinajstić information content (AvgIpc) is 3.58. The summed E-state index contributed by atoms with van der Waals surface area (Å²) >= 11 is 1.09. The Balaban J connectivity index is 1.23. The van der Waals surface area contributed by atoms with Gasteiger partial charge in [0.1, 0.15) is 24.1 Å². The minimum atomic E-state index is -1.04. The highest BCUT2D eigenvalue weighted by atomic mass is 32.2.